The Hall–Kier alpha value is -1.35. The second kappa shape index (κ2) is 5.21. The molecule has 0 amide bonds. The summed E-state index contributed by atoms with van der Waals surface area (Å²) in [5, 5.41) is 6.70. The molecule has 106 valence electrons. The molecule has 1 aliphatic carbocycles. The zero-order chi connectivity index (χ0) is 14.2. The van der Waals surface area contributed by atoms with Crippen LogP contribution in [0.4, 0.5) is 10.8 Å². The standard InChI is InChI=1S/C17H22N2S/c1-17(2,3)15-11-20-16(19-15)18-14-10-6-8-12-7-4-5-9-13(12)14/h6,8,10-11H,4-5,7,9H2,1-3H3,(H,18,19). The molecule has 2 aromatic rings. The minimum absolute atomic E-state index is 0.118. The third kappa shape index (κ3) is 2.73. The van der Waals surface area contributed by atoms with E-state index in [0.29, 0.717) is 0 Å². The smallest absolute Gasteiger partial charge is 0.187 e. The Kier molecular flexibility index (Phi) is 3.55. The zero-order valence-corrected chi connectivity index (χ0v) is 13.3. The van der Waals surface area contributed by atoms with Gasteiger partial charge in [0, 0.05) is 16.5 Å². The summed E-state index contributed by atoms with van der Waals surface area (Å²) < 4.78 is 0. The maximum atomic E-state index is 4.73. The molecule has 3 heteroatoms. The summed E-state index contributed by atoms with van der Waals surface area (Å²) in [6, 6.07) is 6.61. The van der Waals surface area contributed by atoms with E-state index in [1.807, 2.05) is 0 Å². The van der Waals surface area contributed by atoms with Crippen LogP contribution in [0.5, 0.6) is 0 Å². The molecule has 20 heavy (non-hydrogen) atoms. The lowest BCUT2D eigenvalue weighted by Crippen LogP contribution is -2.11. The van der Waals surface area contributed by atoms with Crippen molar-refractivity contribution in [1.82, 2.24) is 4.98 Å². The van der Waals surface area contributed by atoms with Crippen LogP contribution in [-0.2, 0) is 18.3 Å². The van der Waals surface area contributed by atoms with Gasteiger partial charge in [-0.15, -0.1) is 11.3 Å². The minimum Gasteiger partial charge on any atom is -0.331 e. The van der Waals surface area contributed by atoms with Crippen molar-refractivity contribution in [3.05, 3.63) is 40.4 Å². The fourth-order valence-corrected chi connectivity index (χ4v) is 3.64. The monoisotopic (exact) mass is 286 g/mol. The summed E-state index contributed by atoms with van der Waals surface area (Å²) in [6.07, 6.45) is 5.03. The molecule has 1 aromatic heterocycles. The molecule has 0 fully saturated rings. The van der Waals surface area contributed by atoms with E-state index in [-0.39, 0.29) is 5.41 Å². The lowest BCUT2D eigenvalue weighted by molar-refractivity contribution is 0.573. The summed E-state index contributed by atoms with van der Waals surface area (Å²) in [7, 11) is 0. The Morgan fingerprint density at radius 1 is 1.15 bits per heavy atom. The highest BCUT2D eigenvalue weighted by molar-refractivity contribution is 7.13. The SMILES string of the molecule is CC(C)(C)c1csc(Nc2cccc3c2CCCC3)n1. The van der Waals surface area contributed by atoms with Gasteiger partial charge in [-0.1, -0.05) is 32.9 Å². The number of benzene rings is 1. The Morgan fingerprint density at radius 2 is 1.95 bits per heavy atom. The van der Waals surface area contributed by atoms with Crippen molar-refractivity contribution in [2.24, 2.45) is 0 Å². The van der Waals surface area contributed by atoms with Gasteiger partial charge in [0.15, 0.2) is 5.13 Å². The Balaban J connectivity index is 1.86. The molecular formula is C17H22N2S. The van der Waals surface area contributed by atoms with Crippen LogP contribution in [0, 0.1) is 0 Å². The van der Waals surface area contributed by atoms with Gasteiger partial charge in [-0.25, -0.2) is 4.98 Å². The largest absolute Gasteiger partial charge is 0.331 e. The molecular weight excluding hydrogens is 264 g/mol. The number of anilines is 2. The van der Waals surface area contributed by atoms with Crippen LogP contribution in [-0.4, -0.2) is 4.98 Å². The molecule has 1 N–H and O–H groups in total. The first-order valence-electron chi connectivity index (χ1n) is 7.38. The quantitative estimate of drug-likeness (QED) is 0.834. The molecule has 0 radical (unpaired) electrons. The molecule has 0 aliphatic heterocycles. The Morgan fingerprint density at radius 3 is 2.70 bits per heavy atom. The molecule has 1 heterocycles. The van der Waals surface area contributed by atoms with Crippen molar-refractivity contribution in [1.29, 1.82) is 0 Å². The van der Waals surface area contributed by atoms with Gasteiger partial charge in [0.05, 0.1) is 5.69 Å². The molecule has 1 aromatic carbocycles. The normalized spacial score (nSPS) is 14.9. The van der Waals surface area contributed by atoms with Crippen LogP contribution in [0.3, 0.4) is 0 Å². The molecule has 0 unspecified atom stereocenters. The third-order valence-corrected chi connectivity index (χ3v) is 4.67. The number of hydrogen-bond acceptors (Lipinski definition) is 3. The summed E-state index contributed by atoms with van der Waals surface area (Å²) in [6.45, 7) is 6.61. The van der Waals surface area contributed by atoms with Crippen molar-refractivity contribution < 1.29 is 0 Å². The Labute approximate surface area is 125 Å². The molecule has 0 saturated heterocycles. The van der Waals surface area contributed by atoms with Gasteiger partial charge < -0.3 is 5.32 Å². The molecule has 3 rings (SSSR count). The number of thiazole rings is 1. The van der Waals surface area contributed by atoms with E-state index in [1.54, 1.807) is 11.3 Å². The number of nitrogens with zero attached hydrogens (tertiary/aromatic N) is 1. The highest BCUT2D eigenvalue weighted by Gasteiger charge is 2.18. The molecule has 1 aliphatic rings. The van der Waals surface area contributed by atoms with Crippen LogP contribution in [0.1, 0.15) is 50.4 Å². The first kappa shape index (κ1) is 13.6. The van der Waals surface area contributed by atoms with Crippen LogP contribution >= 0.6 is 11.3 Å². The zero-order valence-electron chi connectivity index (χ0n) is 12.5. The number of fused-ring (bicyclic) bond motifs is 1. The minimum atomic E-state index is 0.118. The van der Waals surface area contributed by atoms with E-state index in [2.05, 4.69) is 49.7 Å². The highest BCUT2D eigenvalue weighted by atomic mass is 32.1. The van der Waals surface area contributed by atoms with Gasteiger partial charge in [-0.3, -0.25) is 0 Å². The fraction of sp³-hybridized carbons (Fsp3) is 0.471. The summed E-state index contributed by atoms with van der Waals surface area (Å²) in [5.74, 6) is 0. The number of aryl methyl sites for hydroxylation is 1. The molecule has 0 saturated carbocycles. The predicted molar refractivity (Wildman–Crippen MR) is 87.2 cm³/mol. The van der Waals surface area contributed by atoms with E-state index >= 15 is 0 Å². The lowest BCUT2D eigenvalue weighted by atomic mass is 9.90. The van der Waals surface area contributed by atoms with Gasteiger partial charge in [-0.2, -0.15) is 0 Å². The lowest BCUT2D eigenvalue weighted by Gasteiger charge is -2.19. The van der Waals surface area contributed by atoms with Gasteiger partial charge >= 0.3 is 0 Å². The molecule has 0 bridgehead atoms. The van der Waals surface area contributed by atoms with Crippen LogP contribution in [0.15, 0.2) is 23.6 Å². The van der Waals surface area contributed by atoms with Crippen molar-refractivity contribution >= 4 is 22.2 Å². The first-order chi connectivity index (χ1) is 9.54. The molecule has 0 spiro atoms. The average Bonchev–Trinajstić information content (AvgIpc) is 2.88. The van der Waals surface area contributed by atoms with Crippen molar-refractivity contribution in [2.45, 2.75) is 51.9 Å². The van der Waals surface area contributed by atoms with Gasteiger partial charge in [0.25, 0.3) is 0 Å². The molecule has 0 atom stereocenters. The number of nitrogens with one attached hydrogen (secondary N) is 1. The van der Waals surface area contributed by atoms with E-state index in [9.17, 15) is 0 Å². The summed E-state index contributed by atoms with van der Waals surface area (Å²) in [4.78, 5) is 4.73. The predicted octanol–water partition coefficient (Wildman–Crippen LogP) is 5.06. The van der Waals surface area contributed by atoms with Gasteiger partial charge in [-0.05, 0) is 42.9 Å². The van der Waals surface area contributed by atoms with E-state index in [1.165, 1.54) is 42.5 Å². The van der Waals surface area contributed by atoms with Crippen LogP contribution in [0.25, 0.3) is 0 Å². The third-order valence-electron chi connectivity index (χ3n) is 3.91. The Bertz CT molecular complexity index is 608. The molecule has 2 nitrogen and oxygen atoms in total. The second-order valence-electron chi connectivity index (χ2n) is 6.56. The van der Waals surface area contributed by atoms with Crippen LogP contribution in [0.2, 0.25) is 0 Å². The highest BCUT2D eigenvalue weighted by Crippen LogP contribution is 2.32. The average molecular weight is 286 g/mol. The topological polar surface area (TPSA) is 24.9 Å². The van der Waals surface area contributed by atoms with Crippen LogP contribution < -0.4 is 5.32 Å². The maximum absolute atomic E-state index is 4.73. The fourth-order valence-electron chi connectivity index (χ4n) is 2.69. The second-order valence-corrected chi connectivity index (χ2v) is 7.42. The van der Waals surface area contributed by atoms with Gasteiger partial charge in [0.2, 0.25) is 0 Å². The van der Waals surface area contributed by atoms with Crippen molar-refractivity contribution in [2.75, 3.05) is 5.32 Å². The summed E-state index contributed by atoms with van der Waals surface area (Å²) in [5.41, 5.74) is 5.53. The number of hydrogen-bond donors (Lipinski definition) is 1. The van der Waals surface area contributed by atoms with Gasteiger partial charge in [0.1, 0.15) is 0 Å². The van der Waals surface area contributed by atoms with E-state index in [4.69, 9.17) is 4.98 Å². The summed E-state index contributed by atoms with van der Waals surface area (Å²) >= 11 is 1.70. The number of rotatable bonds is 2. The van der Waals surface area contributed by atoms with Crippen molar-refractivity contribution in [3.8, 4) is 0 Å². The van der Waals surface area contributed by atoms with E-state index in [0.717, 1.165) is 10.8 Å². The van der Waals surface area contributed by atoms with Crippen molar-refractivity contribution in [3.63, 3.8) is 0 Å². The first-order valence-corrected chi connectivity index (χ1v) is 8.26. The number of aromatic nitrogens is 1. The van der Waals surface area contributed by atoms with E-state index < -0.39 is 0 Å². The maximum Gasteiger partial charge on any atom is 0.187 e.